The van der Waals surface area contributed by atoms with Crippen LogP contribution in [-0.4, -0.2) is 35.0 Å². The van der Waals surface area contributed by atoms with Gasteiger partial charge in [-0.3, -0.25) is 14.8 Å². The first kappa shape index (κ1) is 15.7. The zero-order valence-corrected chi connectivity index (χ0v) is 12.5. The average molecular weight is 307 g/mol. The molecule has 0 saturated carbocycles. The van der Waals surface area contributed by atoms with Crippen LogP contribution in [0.25, 0.3) is 11.0 Å². The van der Waals surface area contributed by atoms with E-state index in [9.17, 15) is 4.79 Å². The van der Waals surface area contributed by atoms with E-state index in [2.05, 4.69) is 20.6 Å². The van der Waals surface area contributed by atoms with E-state index >= 15 is 0 Å². The quantitative estimate of drug-likeness (QED) is 0.906. The highest BCUT2D eigenvalue weighted by atomic mass is 35.5. The van der Waals surface area contributed by atoms with Crippen molar-refractivity contribution >= 4 is 29.3 Å². The van der Waals surface area contributed by atoms with Crippen LogP contribution in [0.2, 0.25) is 0 Å². The van der Waals surface area contributed by atoms with Crippen LogP contribution in [0.4, 0.5) is 0 Å². The zero-order valence-electron chi connectivity index (χ0n) is 11.7. The number of carbonyl (C=O) groups excluding carboxylic acids is 1. The second-order valence-corrected chi connectivity index (χ2v) is 5.10. The second kappa shape index (κ2) is 7.33. The van der Waals surface area contributed by atoms with E-state index in [1.165, 1.54) is 12.8 Å². The van der Waals surface area contributed by atoms with E-state index in [1.807, 2.05) is 6.07 Å². The minimum Gasteiger partial charge on any atom is -0.352 e. The number of aromatic nitrogens is 2. The molecule has 2 heterocycles. The van der Waals surface area contributed by atoms with Gasteiger partial charge in [0.05, 0.1) is 11.0 Å². The van der Waals surface area contributed by atoms with Crippen molar-refractivity contribution in [2.45, 2.75) is 25.3 Å². The molecule has 1 atom stereocenters. The zero-order chi connectivity index (χ0) is 13.8. The van der Waals surface area contributed by atoms with Crippen molar-refractivity contribution < 1.29 is 4.79 Å². The first-order valence-electron chi connectivity index (χ1n) is 7.05. The number of hydrogen-bond acceptors (Lipinski definition) is 4. The van der Waals surface area contributed by atoms with Gasteiger partial charge in [-0.2, -0.15) is 0 Å². The Bertz CT molecular complexity index is 613. The van der Waals surface area contributed by atoms with Crippen LogP contribution in [0.1, 0.15) is 29.6 Å². The molecule has 1 aliphatic rings. The van der Waals surface area contributed by atoms with Gasteiger partial charge in [-0.25, -0.2) is 0 Å². The minimum absolute atomic E-state index is 0. The third-order valence-electron chi connectivity index (χ3n) is 3.67. The summed E-state index contributed by atoms with van der Waals surface area (Å²) in [5, 5.41) is 6.39. The van der Waals surface area contributed by atoms with Crippen LogP contribution in [-0.2, 0) is 0 Å². The van der Waals surface area contributed by atoms with E-state index < -0.39 is 0 Å². The van der Waals surface area contributed by atoms with Crippen LogP contribution in [0, 0.1) is 0 Å². The van der Waals surface area contributed by atoms with Crippen LogP contribution >= 0.6 is 12.4 Å². The fourth-order valence-electron chi connectivity index (χ4n) is 2.57. The summed E-state index contributed by atoms with van der Waals surface area (Å²) < 4.78 is 0. The van der Waals surface area contributed by atoms with E-state index in [4.69, 9.17) is 0 Å². The van der Waals surface area contributed by atoms with Gasteiger partial charge in [-0.05, 0) is 44.0 Å². The highest BCUT2D eigenvalue weighted by molar-refractivity contribution is 5.97. The molecule has 1 aromatic heterocycles. The van der Waals surface area contributed by atoms with Crippen molar-refractivity contribution in [3.8, 4) is 0 Å². The fraction of sp³-hybridized carbons (Fsp3) is 0.400. The summed E-state index contributed by atoms with van der Waals surface area (Å²) in [6.45, 7) is 1.80. The van der Waals surface area contributed by atoms with Crippen molar-refractivity contribution in [1.82, 2.24) is 20.6 Å². The van der Waals surface area contributed by atoms with Gasteiger partial charge < -0.3 is 10.6 Å². The van der Waals surface area contributed by atoms with Crippen molar-refractivity contribution in [3.05, 3.63) is 36.2 Å². The molecule has 112 valence electrons. The van der Waals surface area contributed by atoms with Crippen molar-refractivity contribution in [2.24, 2.45) is 0 Å². The van der Waals surface area contributed by atoms with Gasteiger partial charge in [-0.15, -0.1) is 12.4 Å². The Morgan fingerprint density at radius 1 is 1.29 bits per heavy atom. The Kier molecular flexibility index (Phi) is 5.47. The van der Waals surface area contributed by atoms with Crippen molar-refractivity contribution in [2.75, 3.05) is 13.1 Å². The third-order valence-corrected chi connectivity index (χ3v) is 3.67. The van der Waals surface area contributed by atoms with Gasteiger partial charge in [0.25, 0.3) is 5.91 Å². The molecule has 0 aliphatic carbocycles. The van der Waals surface area contributed by atoms with Gasteiger partial charge in [0.1, 0.15) is 0 Å². The summed E-state index contributed by atoms with van der Waals surface area (Å²) in [7, 11) is 0. The molecule has 1 saturated heterocycles. The van der Waals surface area contributed by atoms with Gasteiger partial charge in [0.15, 0.2) is 0 Å². The van der Waals surface area contributed by atoms with Crippen LogP contribution in [0.15, 0.2) is 30.6 Å². The summed E-state index contributed by atoms with van der Waals surface area (Å²) >= 11 is 0. The monoisotopic (exact) mass is 306 g/mol. The molecule has 1 aromatic carbocycles. The Morgan fingerprint density at radius 3 is 2.86 bits per heavy atom. The number of hydrogen-bond donors (Lipinski definition) is 2. The topological polar surface area (TPSA) is 66.9 Å². The summed E-state index contributed by atoms with van der Waals surface area (Å²) in [4.78, 5) is 20.5. The maximum absolute atomic E-state index is 12.1. The number of rotatable bonds is 4. The molecule has 6 heteroatoms. The lowest BCUT2D eigenvalue weighted by atomic mass is 10.1. The third kappa shape index (κ3) is 3.89. The first-order chi connectivity index (χ1) is 9.83. The molecular weight excluding hydrogens is 288 g/mol. The molecule has 0 radical (unpaired) electrons. The van der Waals surface area contributed by atoms with Gasteiger partial charge in [0.2, 0.25) is 0 Å². The molecule has 1 amide bonds. The molecule has 1 fully saturated rings. The van der Waals surface area contributed by atoms with Gasteiger partial charge in [0, 0.05) is 30.5 Å². The predicted octanol–water partition coefficient (Wildman–Crippen LogP) is 1.92. The molecule has 1 aliphatic heterocycles. The van der Waals surface area contributed by atoms with Crippen molar-refractivity contribution in [1.29, 1.82) is 0 Å². The maximum atomic E-state index is 12.1. The van der Waals surface area contributed by atoms with Gasteiger partial charge in [-0.1, -0.05) is 0 Å². The van der Waals surface area contributed by atoms with Crippen LogP contribution in [0.5, 0.6) is 0 Å². The van der Waals surface area contributed by atoms with E-state index in [0.29, 0.717) is 18.2 Å². The molecule has 2 N–H and O–H groups in total. The Labute approximate surface area is 130 Å². The smallest absolute Gasteiger partial charge is 0.251 e. The SMILES string of the molecule is Cl.O=C(NCC[C@@H]1CCCN1)c1ccc2nccnc2c1. The second-order valence-electron chi connectivity index (χ2n) is 5.10. The molecular formula is C15H19ClN4O. The lowest BCUT2D eigenvalue weighted by molar-refractivity contribution is 0.0952. The average Bonchev–Trinajstić information content (AvgIpc) is 3.00. The fourth-order valence-corrected chi connectivity index (χ4v) is 2.57. The summed E-state index contributed by atoms with van der Waals surface area (Å²) in [5.74, 6) is -0.0458. The Hall–Kier alpha value is -1.72. The van der Waals surface area contributed by atoms with Gasteiger partial charge >= 0.3 is 0 Å². The first-order valence-corrected chi connectivity index (χ1v) is 7.05. The molecule has 0 bridgehead atoms. The maximum Gasteiger partial charge on any atom is 0.251 e. The van der Waals surface area contributed by atoms with Crippen molar-refractivity contribution in [3.63, 3.8) is 0 Å². The van der Waals surface area contributed by atoms with E-state index in [0.717, 1.165) is 24.0 Å². The van der Waals surface area contributed by atoms with E-state index in [-0.39, 0.29) is 18.3 Å². The number of benzene rings is 1. The Balaban J connectivity index is 0.00000161. The molecule has 2 aromatic rings. The number of amides is 1. The molecule has 21 heavy (non-hydrogen) atoms. The largest absolute Gasteiger partial charge is 0.352 e. The molecule has 5 nitrogen and oxygen atoms in total. The summed E-state index contributed by atoms with van der Waals surface area (Å²) in [6.07, 6.45) is 6.72. The summed E-state index contributed by atoms with van der Waals surface area (Å²) in [5.41, 5.74) is 2.19. The number of fused-ring (bicyclic) bond motifs is 1. The van der Waals surface area contributed by atoms with Crippen LogP contribution < -0.4 is 10.6 Å². The van der Waals surface area contributed by atoms with E-state index in [1.54, 1.807) is 24.5 Å². The normalized spacial score (nSPS) is 17.4. The number of halogens is 1. The predicted molar refractivity (Wildman–Crippen MR) is 84.8 cm³/mol. The summed E-state index contributed by atoms with van der Waals surface area (Å²) in [6, 6.07) is 5.96. The Morgan fingerprint density at radius 2 is 2.10 bits per heavy atom. The molecule has 0 unspecified atom stereocenters. The minimum atomic E-state index is -0.0458. The lowest BCUT2D eigenvalue weighted by Gasteiger charge is -2.10. The number of carbonyl (C=O) groups is 1. The number of nitrogens with zero attached hydrogens (tertiary/aromatic N) is 2. The van der Waals surface area contributed by atoms with Crippen LogP contribution in [0.3, 0.4) is 0 Å². The molecule has 0 spiro atoms. The lowest BCUT2D eigenvalue weighted by Crippen LogP contribution is -2.30. The highest BCUT2D eigenvalue weighted by Gasteiger charge is 2.14. The number of nitrogens with one attached hydrogen (secondary N) is 2. The highest BCUT2D eigenvalue weighted by Crippen LogP contribution is 2.11. The molecule has 3 rings (SSSR count). The standard InChI is InChI=1S/C15H18N4O.ClH/c20-15(19-7-5-12-2-1-6-16-12)11-3-4-13-14(10-11)18-9-8-17-13;/h3-4,8-10,12,16H,1-2,5-7H2,(H,19,20);1H/t12-;/m0./s1.